The largest absolute Gasteiger partial charge is 0.345 e. The normalized spacial score (nSPS) is 15.2. The lowest BCUT2D eigenvalue weighted by Gasteiger charge is -2.33. The number of nitrogens with one attached hydrogen (secondary N) is 1. The maximum Gasteiger partial charge on any atom is 0.276 e. The van der Waals surface area contributed by atoms with Gasteiger partial charge in [-0.05, 0) is 44.5 Å². The van der Waals surface area contributed by atoms with E-state index in [0.717, 1.165) is 16.8 Å². The number of aromatic amines is 1. The Bertz CT molecular complexity index is 1500. The summed E-state index contributed by atoms with van der Waals surface area (Å²) in [5.41, 5.74) is 4.30. The van der Waals surface area contributed by atoms with Crippen molar-refractivity contribution in [2.24, 2.45) is 0 Å². The van der Waals surface area contributed by atoms with Crippen LogP contribution in [-0.2, 0) is 10.0 Å². The fourth-order valence-electron chi connectivity index (χ4n) is 4.28. The Kier molecular flexibility index (Phi) is 5.45. The number of hydrogen-bond acceptors (Lipinski definition) is 6. The van der Waals surface area contributed by atoms with Crippen LogP contribution in [0.5, 0.6) is 0 Å². The number of benzene rings is 1. The summed E-state index contributed by atoms with van der Waals surface area (Å²) in [6.45, 7) is 6.69. The highest BCUT2D eigenvalue weighted by Crippen LogP contribution is 2.25. The molecule has 0 atom stereocenters. The summed E-state index contributed by atoms with van der Waals surface area (Å²) in [5, 5.41) is 9.46. The van der Waals surface area contributed by atoms with Crippen molar-refractivity contribution in [3.05, 3.63) is 65.2 Å². The molecule has 4 heterocycles. The molecule has 11 heteroatoms. The lowest BCUT2D eigenvalue weighted by molar-refractivity contribution is 0.0690. The van der Waals surface area contributed by atoms with E-state index in [4.69, 9.17) is 0 Å². The van der Waals surface area contributed by atoms with Gasteiger partial charge in [0.1, 0.15) is 10.5 Å². The summed E-state index contributed by atoms with van der Waals surface area (Å²) in [6.07, 6.45) is 3.08. The van der Waals surface area contributed by atoms with Gasteiger partial charge in [0.2, 0.25) is 10.0 Å². The molecular weight excluding hydrogens is 454 g/mol. The molecule has 0 aliphatic carbocycles. The molecule has 3 aromatic heterocycles. The zero-order valence-electron chi connectivity index (χ0n) is 19.2. The van der Waals surface area contributed by atoms with Gasteiger partial charge in [-0.2, -0.15) is 14.2 Å². The third-order valence-electron chi connectivity index (χ3n) is 6.11. The number of amides is 1. The highest BCUT2D eigenvalue weighted by Gasteiger charge is 2.33. The number of nitrogens with zero attached hydrogens (tertiary/aromatic N) is 6. The number of hydrogen-bond donors (Lipinski definition) is 1. The molecular formula is C23H25N7O3S. The van der Waals surface area contributed by atoms with E-state index < -0.39 is 10.0 Å². The second-order valence-electron chi connectivity index (χ2n) is 8.46. The third-order valence-corrected chi connectivity index (χ3v) is 8.05. The summed E-state index contributed by atoms with van der Waals surface area (Å²) >= 11 is 0. The molecule has 1 aliphatic rings. The van der Waals surface area contributed by atoms with Crippen LogP contribution < -0.4 is 0 Å². The molecule has 4 aromatic rings. The molecule has 0 spiro atoms. The van der Waals surface area contributed by atoms with Crippen LogP contribution in [0.15, 0.2) is 47.6 Å². The number of aromatic nitrogens is 5. The fraction of sp³-hybridized carbons (Fsp3) is 0.304. The first-order chi connectivity index (χ1) is 16.3. The van der Waals surface area contributed by atoms with Gasteiger partial charge in [0.05, 0.1) is 11.4 Å². The van der Waals surface area contributed by atoms with Gasteiger partial charge in [0, 0.05) is 44.0 Å². The van der Waals surface area contributed by atoms with E-state index in [-0.39, 0.29) is 42.7 Å². The second-order valence-corrected chi connectivity index (χ2v) is 10.4. The van der Waals surface area contributed by atoms with Crippen molar-refractivity contribution in [3.63, 3.8) is 0 Å². The topological polar surface area (TPSA) is 117 Å². The molecule has 176 valence electrons. The van der Waals surface area contributed by atoms with Gasteiger partial charge >= 0.3 is 0 Å². The molecule has 1 saturated heterocycles. The number of piperazine rings is 1. The van der Waals surface area contributed by atoms with E-state index >= 15 is 0 Å². The van der Waals surface area contributed by atoms with Crippen molar-refractivity contribution in [1.82, 2.24) is 34.2 Å². The van der Waals surface area contributed by atoms with E-state index in [1.165, 1.54) is 15.3 Å². The van der Waals surface area contributed by atoms with Gasteiger partial charge < -0.3 is 9.88 Å². The van der Waals surface area contributed by atoms with E-state index in [1.54, 1.807) is 30.2 Å². The first-order valence-corrected chi connectivity index (χ1v) is 12.4. The zero-order chi connectivity index (χ0) is 24.0. The number of sulfonamides is 1. The summed E-state index contributed by atoms with van der Waals surface area (Å²) in [4.78, 5) is 23.6. The number of fused-ring (bicyclic) bond motifs is 1. The van der Waals surface area contributed by atoms with E-state index in [2.05, 4.69) is 20.2 Å². The molecule has 0 unspecified atom stereocenters. The number of pyridine rings is 1. The lowest BCUT2D eigenvalue weighted by atomic mass is 10.1. The van der Waals surface area contributed by atoms with Crippen LogP contribution in [0.2, 0.25) is 0 Å². The Morgan fingerprint density at radius 1 is 1.03 bits per heavy atom. The quantitative estimate of drug-likeness (QED) is 0.480. The summed E-state index contributed by atoms with van der Waals surface area (Å²) < 4.78 is 27.9. The summed E-state index contributed by atoms with van der Waals surface area (Å²) in [5.74, 6) is -0.248. The molecule has 34 heavy (non-hydrogen) atoms. The van der Waals surface area contributed by atoms with Gasteiger partial charge in [-0.15, -0.1) is 5.10 Å². The minimum Gasteiger partial charge on any atom is -0.345 e. The predicted molar refractivity (Wildman–Crippen MR) is 126 cm³/mol. The summed E-state index contributed by atoms with van der Waals surface area (Å²) in [6, 6.07) is 9.39. The summed E-state index contributed by atoms with van der Waals surface area (Å²) in [7, 11) is -3.72. The molecule has 1 fully saturated rings. The average molecular weight is 480 g/mol. The molecule has 0 radical (unpaired) electrons. The van der Waals surface area contributed by atoms with Crippen LogP contribution >= 0.6 is 0 Å². The SMILES string of the molecule is Cc1ccc(-n2nc(C)c(C(=O)N3CCN(S(=O)(=O)c4c[nH]c5ncccc45)CC3)n2)c(C)c1. The van der Waals surface area contributed by atoms with Crippen LogP contribution in [0, 0.1) is 20.8 Å². The standard InChI is InChI=1S/C23H25N7O3S/c1-15-6-7-19(16(2)13-15)30-26-17(3)21(27-30)23(31)28-9-11-29(12-10-28)34(32,33)20-14-25-22-18(20)5-4-8-24-22/h4-8,13-14H,9-12H2,1-3H3,(H,24,25). The lowest BCUT2D eigenvalue weighted by Crippen LogP contribution is -2.50. The molecule has 0 bridgehead atoms. The average Bonchev–Trinajstić information content (AvgIpc) is 3.43. The van der Waals surface area contributed by atoms with E-state index in [0.29, 0.717) is 16.7 Å². The van der Waals surface area contributed by atoms with E-state index in [1.807, 2.05) is 32.0 Å². The van der Waals surface area contributed by atoms with Gasteiger partial charge in [0.15, 0.2) is 5.69 Å². The first kappa shape index (κ1) is 22.2. The Labute approximate surface area is 197 Å². The number of carbonyl (C=O) groups is 1. The highest BCUT2D eigenvalue weighted by molar-refractivity contribution is 7.89. The van der Waals surface area contributed by atoms with Crippen molar-refractivity contribution in [2.45, 2.75) is 25.7 Å². The Hall–Kier alpha value is -3.57. The number of H-pyrrole nitrogens is 1. The molecule has 1 N–H and O–H groups in total. The minimum atomic E-state index is -3.72. The fourth-order valence-corrected chi connectivity index (χ4v) is 5.85. The van der Waals surface area contributed by atoms with Crippen molar-refractivity contribution in [3.8, 4) is 5.69 Å². The zero-order valence-corrected chi connectivity index (χ0v) is 20.0. The van der Waals surface area contributed by atoms with Gasteiger partial charge in [-0.3, -0.25) is 4.79 Å². The Morgan fingerprint density at radius 3 is 2.53 bits per heavy atom. The number of rotatable bonds is 4. The van der Waals surface area contributed by atoms with Crippen LogP contribution in [-0.4, -0.2) is 74.7 Å². The van der Waals surface area contributed by atoms with Gasteiger partial charge in [0.25, 0.3) is 5.91 Å². The van der Waals surface area contributed by atoms with Crippen LogP contribution in [0.25, 0.3) is 16.7 Å². The van der Waals surface area contributed by atoms with Crippen molar-refractivity contribution in [2.75, 3.05) is 26.2 Å². The number of carbonyl (C=O) groups excluding carboxylic acids is 1. The smallest absolute Gasteiger partial charge is 0.276 e. The Morgan fingerprint density at radius 2 is 1.79 bits per heavy atom. The van der Waals surface area contributed by atoms with Crippen LogP contribution in [0.4, 0.5) is 0 Å². The van der Waals surface area contributed by atoms with Gasteiger partial charge in [-0.25, -0.2) is 13.4 Å². The molecule has 1 amide bonds. The Balaban J connectivity index is 1.32. The third kappa shape index (κ3) is 3.76. The predicted octanol–water partition coefficient (Wildman–Crippen LogP) is 2.22. The van der Waals surface area contributed by atoms with Crippen molar-refractivity contribution >= 4 is 27.0 Å². The second kappa shape index (κ2) is 8.33. The molecule has 5 rings (SSSR count). The maximum absolute atomic E-state index is 13.2. The maximum atomic E-state index is 13.2. The number of aryl methyl sites for hydroxylation is 3. The van der Waals surface area contributed by atoms with E-state index in [9.17, 15) is 13.2 Å². The molecule has 1 aromatic carbocycles. The van der Waals surface area contributed by atoms with Crippen molar-refractivity contribution in [1.29, 1.82) is 0 Å². The first-order valence-electron chi connectivity index (χ1n) is 11.0. The van der Waals surface area contributed by atoms with Crippen LogP contribution in [0.3, 0.4) is 0 Å². The molecule has 0 saturated carbocycles. The van der Waals surface area contributed by atoms with Crippen molar-refractivity contribution < 1.29 is 13.2 Å². The van der Waals surface area contributed by atoms with Crippen LogP contribution in [0.1, 0.15) is 27.3 Å². The monoisotopic (exact) mass is 479 g/mol. The van der Waals surface area contributed by atoms with Gasteiger partial charge in [-0.1, -0.05) is 17.7 Å². The minimum absolute atomic E-state index is 0.197. The highest BCUT2D eigenvalue weighted by atomic mass is 32.2. The molecule has 1 aliphatic heterocycles. The molecule has 10 nitrogen and oxygen atoms in total.